The molecular formula is C28H32FN3O3. The van der Waals surface area contributed by atoms with Crippen LogP contribution in [-0.2, 0) is 9.59 Å². The van der Waals surface area contributed by atoms with E-state index in [1.165, 1.54) is 17.7 Å². The Morgan fingerprint density at radius 2 is 1.57 bits per heavy atom. The van der Waals surface area contributed by atoms with E-state index in [4.69, 9.17) is 0 Å². The van der Waals surface area contributed by atoms with Crippen molar-refractivity contribution in [2.24, 2.45) is 0 Å². The summed E-state index contributed by atoms with van der Waals surface area (Å²) < 4.78 is 13.2. The number of piperidine rings is 1. The Kier molecular flexibility index (Phi) is 6.75. The molecule has 2 N–H and O–H groups in total. The second-order valence-corrected chi connectivity index (χ2v) is 9.89. The fraction of sp³-hybridized carbons (Fsp3) is 0.429. The number of aliphatic hydroxyl groups excluding tert-OH is 1. The number of hydrogen-bond donors (Lipinski definition) is 2. The monoisotopic (exact) mass is 477 g/mol. The van der Waals surface area contributed by atoms with Crippen LogP contribution >= 0.6 is 0 Å². The molecule has 0 atom stereocenters. The standard InChI is InChI=1S/C28H32FN3O3/c29-21-8-12-23(13-9-21)31-16-14-24(15-17-31)32-18-25(26(33)28(32)35)27(34)30-22-10-6-20(7-11-22)19-4-2-1-3-5-19/h1-5,8-9,12-13,20,22,24,33H,6-7,10-11,14-18H2,(H,30,34). The van der Waals surface area contributed by atoms with E-state index in [9.17, 15) is 19.1 Å². The molecule has 1 saturated carbocycles. The molecule has 35 heavy (non-hydrogen) atoms. The maximum absolute atomic E-state index is 13.2. The molecule has 0 spiro atoms. The first-order chi connectivity index (χ1) is 17.0. The molecule has 3 aliphatic rings. The highest BCUT2D eigenvalue weighted by Gasteiger charge is 2.39. The van der Waals surface area contributed by atoms with Crippen LogP contribution in [0.15, 0.2) is 65.9 Å². The number of amides is 2. The maximum Gasteiger partial charge on any atom is 0.289 e. The zero-order valence-corrected chi connectivity index (χ0v) is 19.8. The van der Waals surface area contributed by atoms with Gasteiger partial charge in [0.25, 0.3) is 11.8 Å². The summed E-state index contributed by atoms with van der Waals surface area (Å²) in [5.74, 6) is -0.945. The predicted octanol–water partition coefficient (Wildman–Crippen LogP) is 4.29. The molecule has 2 amide bonds. The van der Waals surface area contributed by atoms with Crippen molar-refractivity contribution >= 4 is 17.5 Å². The molecule has 7 heteroatoms. The van der Waals surface area contributed by atoms with Crippen LogP contribution in [-0.4, -0.2) is 53.5 Å². The molecule has 0 unspecified atom stereocenters. The number of nitrogens with zero attached hydrogens (tertiary/aromatic N) is 2. The van der Waals surface area contributed by atoms with Crippen LogP contribution in [0.3, 0.4) is 0 Å². The first-order valence-corrected chi connectivity index (χ1v) is 12.6. The highest BCUT2D eigenvalue weighted by molar-refractivity contribution is 6.07. The third-order valence-corrected chi connectivity index (χ3v) is 7.78. The van der Waals surface area contributed by atoms with Crippen molar-refractivity contribution in [3.63, 3.8) is 0 Å². The van der Waals surface area contributed by atoms with Crippen LogP contribution in [0.4, 0.5) is 10.1 Å². The van der Waals surface area contributed by atoms with Gasteiger partial charge in [-0.25, -0.2) is 4.39 Å². The molecular weight excluding hydrogens is 445 g/mol. The molecule has 1 saturated heterocycles. The van der Waals surface area contributed by atoms with Crippen LogP contribution in [0.25, 0.3) is 0 Å². The zero-order valence-electron chi connectivity index (χ0n) is 19.8. The van der Waals surface area contributed by atoms with E-state index in [1.807, 2.05) is 6.07 Å². The summed E-state index contributed by atoms with van der Waals surface area (Å²) in [4.78, 5) is 29.6. The van der Waals surface area contributed by atoms with Gasteiger partial charge in [-0.15, -0.1) is 0 Å². The summed E-state index contributed by atoms with van der Waals surface area (Å²) in [5, 5.41) is 13.6. The molecule has 6 nitrogen and oxygen atoms in total. The van der Waals surface area contributed by atoms with Gasteiger partial charge in [0, 0.05) is 30.9 Å². The van der Waals surface area contributed by atoms with Crippen molar-refractivity contribution in [3.05, 3.63) is 77.3 Å². The first-order valence-electron chi connectivity index (χ1n) is 12.6. The van der Waals surface area contributed by atoms with Crippen molar-refractivity contribution < 1.29 is 19.1 Å². The summed E-state index contributed by atoms with van der Waals surface area (Å²) in [7, 11) is 0. The van der Waals surface area contributed by atoms with Crippen molar-refractivity contribution in [1.82, 2.24) is 10.2 Å². The molecule has 2 aromatic carbocycles. The van der Waals surface area contributed by atoms with Gasteiger partial charge < -0.3 is 20.2 Å². The van der Waals surface area contributed by atoms with Crippen LogP contribution in [0.2, 0.25) is 0 Å². The summed E-state index contributed by atoms with van der Waals surface area (Å²) in [5.41, 5.74) is 2.49. The van der Waals surface area contributed by atoms with Gasteiger partial charge in [-0.1, -0.05) is 30.3 Å². The average Bonchev–Trinajstić information content (AvgIpc) is 3.20. The van der Waals surface area contributed by atoms with Gasteiger partial charge in [-0.2, -0.15) is 0 Å². The van der Waals surface area contributed by atoms with Crippen molar-refractivity contribution in [2.45, 2.75) is 56.5 Å². The summed E-state index contributed by atoms with van der Waals surface area (Å²) >= 11 is 0. The molecule has 2 heterocycles. The Labute approximate surface area is 205 Å². The Balaban J connectivity index is 1.13. The van der Waals surface area contributed by atoms with Crippen LogP contribution in [0.5, 0.6) is 0 Å². The fourth-order valence-electron chi connectivity index (χ4n) is 5.71. The van der Waals surface area contributed by atoms with Crippen LogP contribution < -0.4 is 10.2 Å². The predicted molar refractivity (Wildman–Crippen MR) is 133 cm³/mol. The van der Waals surface area contributed by atoms with Crippen molar-refractivity contribution in [3.8, 4) is 0 Å². The lowest BCUT2D eigenvalue weighted by atomic mass is 9.82. The van der Waals surface area contributed by atoms with Gasteiger partial charge in [0.05, 0.1) is 12.1 Å². The molecule has 0 aromatic heterocycles. The van der Waals surface area contributed by atoms with E-state index < -0.39 is 11.7 Å². The minimum atomic E-state index is -0.455. The number of carbonyl (C=O) groups is 2. The van der Waals surface area contributed by atoms with Gasteiger partial charge in [0.2, 0.25) is 0 Å². The number of hydrogen-bond acceptors (Lipinski definition) is 4. The molecule has 0 radical (unpaired) electrons. The van der Waals surface area contributed by atoms with Gasteiger partial charge in [-0.3, -0.25) is 9.59 Å². The second kappa shape index (κ2) is 10.1. The lowest BCUT2D eigenvalue weighted by Crippen LogP contribution is -2.46. The number of nitrogens with one attached hydrogen (secondary N) is 1. The Morgan fingerprint density at radius 3 is 2.23 bits per heavy atom. The molecule has 2 fully saturated rings. The lowest BCUT2D eigenvalue weighted by Gasteiger charge is -2.37. The van der Waals surface area contributed by atoms with E-state index in [2.05, 4.69) is 34.5 Å². The van der Waals surface area contributed by atoms with Gasteiger partial charge in [0.15, 0.2) is 5.76 Å². The third-order valence-electron chi connectivity index (χ3n) is 7.78. The van der Waals surface area contributed by atoms with Gasteiger partial charge in [-0.05, 0) is 74.3 Å². The Hall–Kier alpha value is -3.35. The van der Waals surface area contributed by atoms with Crippen molar-refractivity contribution in [2.75, 3.05) is 24.5 Å². The maximum atomic E-state index is 13.2. The van der Waals surface area contributed by atoms with Gasteiger partial charge in [0.1, 0.15) is 5.82 Å². The highest BCUT2D eigenvalue weighted by Crippen LogP contribution is 2.33. The van der Waals surface area contributed by atoms with E-state index in [0.717, 1.165) is 57.3 Å². The Morgan fingerprint density at radius 1 is 0.914 bits per heavy atom. The van der Waals surface area contributed by atoms with E-state index >= 15 is 0 Å². The summed E-state index contributed by atoms with van der Waals surface area (Å²) in [6.07, 6.45) is 5.26. The number of halogens is 1. The fourth-order valence-corrected chi connectivity index (χ4v) is 5.71. The average molecular weight is 478 g/mol. The molecule has 0 bridgehead atoms. The zero-order chi connectivity index (χ0) is 24.4. The lowest BCUT2D eigenvalue weighted by molar-refractivity contribution is -0.130. The number of carbonyl (C=O) groups excluding carboxylic acids is 2. The number of rotatable bonds is 5. The quantitative estimate of drug-likeness (QED) is 0.674. The number of anilines is 1. The van der Waals surface area contributed by atoms with E-state index in [-0.39, 0.29) is 35.9 Å². The number of benzene rings is 2. The van der Waals surface area contributed by atoms with Crippen LogP contribution in [0, 0.1) is 5.82 Å². The Bertz CT molecular complexity index is 1090. The molecule has 5 rings (SSSR count). The minimum absolute atomic E-state index is 0.0343. The normalized spacial score (nSPS) is 23.6. The summed E-state index contributed by atoms with van der Waals surface area (Å²) in [6.45, 7) is 1.61. The third kappa shape index (κ3) is 5.04. The van der Waals surface area contributed by atoms with Crippen molar-refractivity contribution in [1.29, 1.82) is 0 Å². The minimum Gasteiger partial charge on any atom is -0.503 e. The molecule has 1 aliphatic carbocycles. The molecule has 2 aromatic rings. The highest BCUT2D eigenvalue weighted by atomic mass is 19.1. The van der Waals surface area contributed by atoms with E-state index in [0.29, 0.717) is 5.92 Å². The smallest absolute Gasteiger partial charge is 0.289 e. The molecule has 184 valence electrons. The summed E-state index contributed by atoms with van der Waals surface area (Å²) in [6, 6.07) is 16.9. The van der Waals surface area contributed by atoms with Gasteiger partial charge >= 0.3 is 0 Å². The number of aliphatic hydroxyl groups is 1. The van der Waals surface area contributed by atoms with Crippen LogP contribution in [0.1, 0.15) is 50.0 Å². The SMILES string of the molecule is O=C(NC1CCC(c2ccccc2)CC1)C1=C(O)C(=O)N(C2CCN(c3ccc(F)cc3)CC2)C1. The first kappa shape index (κ1) is 23.4. The molecule has 2 aliphatic heterocycles. The van der Waals surface area contributed by atoms with E-state index in [1.54, 1.807) is 17.0 Å². The largest absolute Gasteiger partial charge is 0.503 e. The second-order valence-electron chi connectivity index (χ2n) is 9.89. The topological polar surface area (TPSA) is 72.9 Å².